The summed E-state index contributed by atoms with van der Waals surface area (Å²) in [5, 5.41) is 9.29. The molecule has 5 heterocycles. The lowest BCUT2D eigenvalue weighted by atomic mass is 9.95. The number of benzene rings is 2. The van der Waals surface area contributed by atoms with Crippen molar-refractivity contribution in [3.8, 4) is 29.0 Å². The fourth-order valence-corrected chi connectivity index (χ4v) is 8.07. The number of alkyl halides is 4. The molecule has 7 rings (SSSR count). The first-order valence-corrected chi connectivity index (χ1v) is 15.2. The molecule has 236 valence electrons. The second-order valence-corrected chi connectivity index (χ2v) is 12.8. The van der Waals surface area contributed by atoms with Crippen LogP contribution in [0.3, 0.4) is 0 Å². The van der Waals surface area contributed by atoms with E-state index in [1.54, 1.807) is 0 Å². The molecule has 3 aliphatic heterocycles. The van der Waals surface area contributed by atoms with Gasteiger partial charge in [0.1, 0.15) is 54.2 Å². The summed E-state index contributed by atoms with van der Waals surface area (Å²) in [6.45, 7) is -1.12. The lowest BCUT2D eigenvalue weighted by Gasteiger charge is -2.31. The maximum Gasteiger partial charge on any atom is 0.405 e. The number of hydrogen-bond acceptors (Lipinski definition) is 9. The lowest BCUT2D eigenvalue weighted by molar-refractivity contribution is -0.119. The van der Waals surface area contributed by atoms with E-state index in [4.69, 9.17) is 26.8 Å². The van der Waals surface area contributed by atoms with Crippen LogP contribution in [0.2, 0.25) is 5.02 Å². The maximum absolute atomic E-state index is 16.8. The van der Waals surface area contributed by atoms with E-state index in [1.807, 2.05) is 11.0 Å². The molecule has 2 fully saturated rings. The number of nitrogens with two attached hydrogens (primary N) is 1. The number of ether oxygens (including phenoxy) is 2. The van der Waals surface area contributed by atoms with Gasteiger partial charge < -0.3 is 20.1 Å². The van der Waals surface area contributed by atoms with Crippen LogP contribution in [0.25, 0.3) is 32.1 Å². The van der Waals surface area contributed by atoms with Gasteiger partial charge in [0.2, 0.25) is 0 Å². The molecule has 2 aromatic carbocycles. The van der Waals surface area contributed by atoms with Crippen LogP contribution < -0.4 is 20.1 Å². The molecular formula is C29H23ClF6N6O2S. The minimum absolute atomic E-state index is 0.00393. The van der Waals surface area contributed by atoms with Gasteiger partial charge in [0.15, 0.2) is 11.6 Å². The first kappa shape index (κ1) is 29.9. The number of rotatable bonds is 5. The Bertz CT molecular complexity index is 1920. The molecule has 45 heavy (non-hydrogen) atoms. The first-order valence-electron chi connectivity index (χ1n) is 14.0. The molecule has 0 bridgehead atoms. The summed E-state index contributed by atoms with van der Waals surface area (Å²) in [4.78, 5) is 11.4. The van der Waals surface area contributed by atoms with Crippen LogP contribution in [0.1, 0.15) is 24.8 Å². The summed E-state index contributed by atoms with van der Waals surface area (Å²) in [5.74, 6) is -2.24. The predicted octanol–water partition coefficient (Wildman–Crippen LogP) is 6.61. The van der Waals surface area contributed by atoms with Crippen molar-refractivity contribution in [2.75, 3.05) is 50.0 Å². The van der Waals surface area contributed by atoms with Crippen molar-refractivity contribution in [1.29, 1.82) is 5.26 Å². The normalized spacial score (nSPS) is 21.6. The molecule has 16 heteroatoms. The van der Waals surface area contributed by atoms with Crippen LogP contribution in [-0.4, -0.2) is 72.1 Å². The standard InChI is InChI=1S/C29H23ClF6N6O2S/c30-20-18(14-2-3-16(32)24-17(14)15(9-37)25(38)45-24)21(33)22-19-23(20)43-7-6-41(11-29(34,35)36)26(19)40-27(39-22)44-12-28-4-1-5-42(28)10-13(31)8-28/h2-3,13H,1,4-8,10-12,38H2/t13-,28+/m1/s1. The van der Waals surface area contributed by atoms with Crippen LogP contribution in [0.15, 0.2) is 12.1 Å². The number of thiophene rings is 1. The van der Waals surface area contributed by atoms with E-state index >= 15 is 4.39 Å². The second-order valence-electron chi connectivity index (χ2n) is 11.4. The Balaban J connectivity index is 1.45. The summed E-state index contributed by atoms with van der Waals surface area (Å²) in [5.41, 5.74) is 4.51. The van der Waals surface area contributed by atoms with Gasteiger partial charge in [-0.05, 0) is 31.0 Å². The predicted molar refractivity (Wildman–Crippen MR) is 157 cm³/mol. The van der Waals surface area contributed by atoms with Crippen molar-refractivity contribution < 1.29 is 35.8 Å². The Hall–Kier alpha value is -3.74. The first-order chi connectivity index (χ1) is 21.4. The van der Waals surface area contributed by atoms with Crippen LogP contribution in [-0.2, 0) is 0 Å². The van der Waals surface area contributed by atoms with Crippen LogP contribution in [0.4, 0.5) is 37.2 Å². The summed E-state index contributed by atoms with van der Waals surface area (Å²) in [6.07, 6.45) is -4.03. The number of aromatic nitrogens is 2. The smallest absolute Gasteiger partial charge is 0.405 e. The van der Waals surface area contributed by atoms with Crippen molar-refractivity contribution in [1.82, 2.24) is 14.9 Å². The third-order valence-corrected chi connectivity index (χ3v) is 10.0. The molecule has 4 aromatic rings. The van der Waals surface area contributed by atoms with E-state index < -0.39 is 47.6 Å². The zero-order valence-corrected chi connectivity index (χ0v) is 24.9. The van der Waals surface area contributed by atoms with Gasteiger partial charge in [-0.15, -0.1) is 11.3 Å². The van der Waals surface area contributed by atoms with Gasteiger partial charge in [0, 0.05) is 23.9 Å². The second kappa shape index (κ2) is 10.7. The molecule has 0 saturated carbocycles. The highest BCUT2D eigenvalue weighted by Crippen LogP contribution is 2.51. The van der Waals surface area contributed by atoms with Gasteiger partial charge in [-0.2, -0.15) is 28.4 Å². The Morgan fingerprint density at radius 3 is 2.78 bits per heavy atom. The minimum atomic E-state index is -4.65. The molecule has 2 saturated heterocycles. The fraction of sp³-hybridized carbons (Fsp3) is 0.414. The number of anilines is 2. The Labute approximate surface area is 260 Å². The number of hydrogen-bond donors (Lipinski definition) is 1. The molecular weight excluding hydrogens is 646 g/mol. The average Bonchev–Trinajstić information content (AvgIpc) is 3.58. The van der Waals surface area contributed by atoms with E-state index in [1.165, 1.54) is 6.07 Å². The van der Waals surface area contributed by atoms with Crippen LogP contribution in [0.5, 0.6) is 11.8 Å². The van der Waals surface area contributed by atoms with Gasteiger partial charge in [-0.25, -0.2) is 13.2 Å². The zero-order chi connectivity index (χ0) is 31.8. The van der Waals surface area contributed by atoms with E-state index in [2.05, 4.69) is 9.97 Å². The fourth-order valence-electron chi connectivity index (χ4n) is 6.79. The van der Waals surface area contributed by atoms with Crippen molar-refractivity contribution in [2.45, 2.75) is 37.1 Å². The SMILES string of the molecule is N#Cc1c(N)sc2c(F)ccc(-c3c(Cl)c4c5c(nc(OC[C@@]67CCCN6C[C@H](F)C7)nc5c3F)N(CC(F)(F)F)CCO4)c12. The quantitative estimate of drug-likeness (QED) is 0.237. The van der Waals surface area contributed by atoms with Crippen molar-refractivity contribution in [2.24, 2.45) is 0 Å². The molecule has 2 N–H and O–H groups in total. The molecule has 0 spiro atoms. The van der Waals surface area contributed by atoms with E-state index in [0.717, 1.165) is 28.7 Å². The monoisotopic (exact) mass is 668 g/mol. The lowest BCUT2D eigenvalue weighted by Crippen LogP contribution is -2.43. The molecule has 0 aliphatic carbocycles. The van der Waals surface area contributed by atoms with E-state index in [9.17, 15) is 27.2 Å². The Morgan fingerprint density at radius 1 is 1.22 bits per heavy atom. The third kappa shape index (κ3) is 4.85. The van der Waals surface area contributed by atoms with Crippen molar-refractivity contribution in [3.05, 3.63) is 34.4 Å². The maximum atomic E-state index is 16.8. The molecule has 2 atom stereocenters. The summed E-state index contributed by atoms with van der Waals surface area (Å²) >= 11 is 7.56. The van der Waals surface area contributed by atoms with Crippen LogP contribution >= 0.6 is 22.9 Å². The third-order valence-electron chi connectivity index (χ3n) is 8.65. The van der Waals surface area contributed by atoms with Gasteiger partial charge in [0.05, 0.1) is 32.8 Å². The highest BCUT2D eigenvalue weighted by molar-refractivity contribution is 7.23. The molecule has 0 unspecified atom stereocenters. The zero-order valence-electron chi connectivity index (χ0n) is 23.3. The summed E-state index contributed by atoms with van der Waals surface area (Å²) in [6, 6.07) is 3.83. The topological polar surface area (TPSA) is 101 Å². The molecule has 0 radical (unpaired) electrons. The molecule has 0 amide bonds. The van der Waals surface area contributed by atoms with Gasteiger partial charge in [-0.1, -0.05) is 17.7 Å². The minimum Gasteiger partial charge on any atom is -0.489 e. The van der Waals surface area contributed by atoms with Crippen molar-refractivity contribution in [3.63, 3.8) is 0 Å². The van der Waals surface area contributed by atoms with Gasteiger partial charge in [-0.3, -0.25) is 4.90 Å². The van der Waals surface area contributed by atoms with Gasteiger partial charge in [0.25, 0.3) is 0 Å². The summed E-state index contributed by atoms with van der Waals surface area (Å²) in [7, 11) is 0. The van der Waals surface area contributed by atoms with E-state index in [-0.39, 0.29) is 86.5 Å². The highest BCUT2D eigenvalue weighted by atomic mass is 35.5. The average molecular weight is 669 g/mol. The Morgan fingerprint density at radius 2 is 2.02 bits per heavy atom. The van der Waals surface area contributed by atoms with Gasteiger partial charge >= 0.3 is 12.2 Å². The molecule has 8 nitrogen and oxygen atoms in total. The number of nitrogen functional groups attached to an aromatic ring is 1. The van der Waals surface area contributed by atoms with Crippen LogP contribution in [0, 0.1) is 23.0 Å². The highest BCUT2D eigenvalue weighted by Gasteiger charge is 2.49. The molecule has 2 aromatic heterocycles. The van der Waals surface area contributed by atoms with E-state index in [0.29, 0.717) is 13.0 Å². The Kier molecular flexibility index (Phi) is 7.10. The number of fused-ring (bicyclic) bond motifs is 2. The number of nitrogens with zero attached hydrogens (tertiary/aromatic N) is 5. The largest absolute Gasteiger partial charge is 0.489 e. The number of nitriles is 1. The van der Waals surface area contributed by atoms with Crippen molar-refractivity contribution >= 4 is 54.7 Å². The number of halogens is 7. The summed E-state index contributed by atoms with van der Waals surface area (Å²) < 4.78 is 98.9. The molecule has 3 aliphatic rings.